The molecule has 0 radical (unpaired) electrons. The van der Waals surface area contributed by atoms with Crippen molar-refractivity contribution in [3.8, 4) is 0 Å². The Morgan fingerprint density at radius 2 is 1.85 bits per heavy atom. The summed E-state index contributed by atoms with van der Waals surface area (Å²) in [6, 6.07) is 9.38. The average Bonchev–Trinajstić information content (AvgIpc) is 3.12. The monoisotopic (exact) mass is 378 g/mol. The summed E-state index contributed by atoms with van der Waals surface area (Å²) in [7, 11) is -3.24. The topological polar surface area (TPSA) is 105 Å². The van der Waals surface area contributed by atoms with E-state index in [1.165, 1.54) is 18.4 Å². The van der Waals surface area contributed by atoms with Gasteiger partial charge in [0.15, 0.2) is 15.6 Å². The quantitative estimate of drug-likeness (QED) is 0.684. The lowest BCUT2D eigenvalue weighted by Crippen LogP contribution is -2.29. The van der Waals surface area contributed by atoms with Crippen molar-refractivity contribution in [3.05, 3.63) is 54.0 Å². The highest BCUT2D eigenvalue weighted by Gasteiger charge is 2.12. The van der Waals surface area contributed by atoms with Gasteiger partial charge in [-0.05, 0) is 43.2 Å². The van der Waals surface area contributed by atoms with Gasteiger partial charge in [-0.3, -0.25) is 9.59 Å². The maximum atomic E-state index is 12.0. The standard InChI is InChI=1S/C18H22N2O5S/c1-13(14-7-9-15(10-8-14)26(2,23)24)20-17(21)6-3-11-19-18(22)16-5-4-12-25-16/h4-5,7-10,12-13H,3,6,11H2,1-2H3,(H,19,22)(H,20,21). The molecule has 1 aromatic carbocycles. The highest BCUT2D eigenvalue weighted by molar-refractivity contribution is 7.90. The van der Waals surface area contributed by atoms with Crippen molar-refractivity contribution in [2.24, 2.45) is 0 Å². The molecule has 140 valence electrons. The van der Waals surface area contributed by atoms with Crippen molar-refractivity contribution in [2.75, 3.05) is 12.8 Å². The van der Waals surface area contributed by atoms with Crippen LogP contribution in [0.15, 0.2) is 52.0 Å². The van der Waals surface area contributed by atoms with Gasteiger partial charge in [0.2, 0.25) is 5.91 Å². The first kappa shape index (κ1) is 19.7. The Hall–Kier alpha value is -2.61. The number of carbonyl (C=O) groups excluding carboxylic acids is 2. The third kappa shape index (κ3) is 5.73. The number of rotatable bonds is 8. The van der Waals surface area contributed by atoms with Crippen LogP contribution < -0.4 is 10.6 Å². The molecule has 1 unspecified atom stereocenters. The molecular formula is C18H22N2O5S. The summed E-state index contributed by atoms with van der Waals surface area (Å²) in [5.74, 6) is -0.215. The van der Waals surface area contributed by atoms with Gasteiger partial charge in [-0.1, -0.05) is 12.1 Å². The summed E-state index contributed by atoms with van der Waals surface area (Å²) in [4.78, 5) is 23.9. The van der Waals surface area contributed by atoms with Crippen LogP contribution in [0.1, 0.15) is 41.9 Å². The fraction of sp³-hybridized carbons (Fsp3) is 0.333. The van der Waals surface area contributed by atoms with E-state index >= 15 is 0 Å². The van der Waals surface area contributed by atoms with E-state index < -0.39 is 9.84 Å². The lowest BCUT2D eigenvalue weighted by Gasteiger charge is -2.15. The molecule has 2 amide bonds. The summed E-state index contributed by atoms with van der Waals surface area (Å²) < 4.78 is 27.9. The number of nitrogens with one attached hydrogen (secondary N) is 2. The SMILES string of the molecule is CC(NC(=O)CCCNC(=O)c1ccco1)c1ccc(S(C)(=O)=O)cc1. The van der Waals surface area contributed by atoms with Gasteiger partial charge in [0.1, 0.15) is 0 Å². The first-order valence-corrected chi connectivity index (χ1v) is 10.1. The maximum Gasteiger partial charge on any atom is 0.286 e. The van der Waals surface area contributed by atoms with E-state index in [2.05, 4.69) is 10.6 Å². The molecule has 2 N–H and O–H groups in total. The van der Waals surface area contributed by atoms with E-state index in [1.807, 2.05) is 6.92 Å². The minimum atomic E-state index is -3.24. The molecule has 26 heavy (non-hydrogen) atoms. The molecule has 0 fully saturated rings. The van der Waals surface area contributed by atoms with Crippen LogP contribution in [0.2, 0.25) is 0 Å². The van der Waals surface area contributed by atoms with E-state index in [4.69, 9.17) is 4.42 Å². The molecule has 8 heteroatoms. The molecule has 0 saturated heterocycles. The second kappa shape index (κ2) is 8.66. The van der Waals surface area contributed by atoms with Crippen LogP contribution in [0.25, 0.3) is 0 Å². The second-order valence-corrected chi connectivity index (χ2v) is 7.98. The van der Waals surface area contributed by atoms with Gasteiger partial charge < -0.3 is 15.1 Å². The molecule has 1 aromatic heterocycles. The number of benzene rings is 1. The Labute approximate surface area is 152 Å². The summed E-state index contributed by atoms with van der Waals surface area (Å²) in [5, 5.41) is 5.53. The molecule has 0 spiro atoms. The van der Waals surface area contributed by atoms with Gasteiger partial charge in [-0.2, -0.15) is 0 Å². The largest absolute Gasteiger partial charge is 0.459 e. The van der Waals surface area contributed by atoms with Crippen LogP contribution in [0, 0.1) is 0 Å². The van der Waals surface area contributed by atoms with Gasteiger partial charge in [-0.25, -0.2) is 8.42 Å². The molecule has 2 rings (SSSR count). The van der Waals surface area contributed by atoms with Crippen molar-refractivity contribution < 1.29 is 22.4 Å². The van der Waals surface area contributed by atoms with Crippen molar-refractivity contribution >= 4 is 21.7 Å². The summed E-state index contributed by atoms with van der Waals surface area (Å²) in [6.45, 7) is 2.19. The fourth-order valence-corrected chi connectivity index (χ4v) is 2.98. The summed E-state index contributed by atoms with van der Waals surface area (Å²) in [5.41, 5.74) is 0.817. The van der Waals surface area contributed by atoms with Gasteiger partial charge in [-0.15, -0.1) is 0 Å². The van der Waals surface area contributed by atoms with Crippen LogP contribution in [0.4, 0.5) is 0 Å². The van der Waals surface area contributed by atoms with E-state index in [0.717, 1.165) is 11.8 Å². The molecule has 0 aliphatic carbocycles. The second-order valence-electron chi connectivity index (χ2n) is 5.97. The number of amides is 2. The van der Waals surface area contributed by atoms with Crippen LogP contribution in [-0.4, -0.2) is 33.0 Å². The summed E-state index contributed by atoms with van der Waals surface area (Å²) in [6.07, 6.45) is 3.34. The molecule has 1 atom stereocenters. The van der Waals surface area contributed by atoms with Crippen molar-refractivity contribution in [2.45, 2.75) is 30.7 Å². The predicted octanol–water partition coefficient (Wildman–Crippen LogP) is 2.07. The van der Waals surface area contributed by atoms with Crippen LogP contribution >= 0.6 is 0 Å². The maximum absolute atomic E-state index is 12.0. The lowest BCUT2D eigenvalue weighted by molar-refractivity contribution is -0.121. The van der Waals surface area contributed by atoms with Crippen molar-refractivity contribution in [1.82, 2.24) is 10.6 Å². The zero-order valence-corrected chi connectivity index (χ0v) is 15.5. The number of hydrogen-bond acceptors (Lipinski definition) is 5. The normalized spacial score (nSPS) is 12.4. The van der Waals surface area contributed by atoms with Crippen LogP contribution in [0.3, 0.4) is 0 Å². The summed E-state index contributed by atoms with van der Waals surface area (Å²) >= 11 is 0. The Bertz CT molecular complexity index is 842. The molecule has 2 aromatic rings. The molecule has 1 heterocycles. The van der Waals surface area contributed by atoms with Gasteiger partial charge in [0.05, 0.1) is 17.2 Å². The molecule has 0 aliphatic rings. The van der Waals surface area contributed by atoms with Crippen LogP contribution in [-0.2, 0) is 14.6 Å². The first-order chi connectivity index (χ1) is 12.3. The minimum Gasteiger partial charge on any atom is -0.459 e. The molecule has 0 aliphatic heterocycles. The predicted molar refractivity (Wildman–Crippen MR) is 96.4 cm³/mol. The molecular weight excluding hydrogens is 356 g/mol. The Balaban J connectivity index is 1.74. The van der Waals surface area contributed by atoms with E-state index in [9.17, 15) is 18.0 Å². The fourth-order valence-electron chi connectivity index (χ4n) is 2.35. The van der Waals surface area contributed by atoms with Gasteiger partial charge in [0, 0.05) is 19.2 Å². The number of furan rings is 1. The van der Waals surface area contributed by atoms with Crippen molar-refractivity contribution in [3.63, 3.8) is 0 Å². The van der Waals surface area contributed by atoms with E-state index in [-0.39, 0.29) is 34.9 Å². The molecule has 7 nitrogen and oxygen atoms in total. The highest BCUT2D eigenvalue weighted by atomic mass is 32.2. The Kier molecular flexibility index (Phi) is 6.57. The number of carbonyl (C=O) groups is 2. The van der Waals surface area contributed by atoms with Gasteiger partial charge >= 0.3 is 0 Å². The zero-order chi connectivity index (χ0) is 19.2. The van der Waals surface area contributed by atoms with Gasteiger partial charge in [0.25, 0.3) is 5.91 Å². The van der Waals surface area contributed by atoms with Crippen molar-refractivity contribution in [1.29, 1.82) is 0 Å². The lowest BCUT2D eigenvalue weighted by atomic mass is 10.1. The first-order valence-electron chi connectivity index (χ1n) is 8.18. The molecule has 0 bridgehead atoms. The highest BCUT2D eigenvalue weighted by Crippen LogP contribution is 2.16. The van der Waals surface area contributed by atoms with E-state index in [0.29, 0.717) is 13.0 Å². The zero-order valence-electron chi connectivity index (χ0n) is 14.7. The third-order valence-electron chi connectivity index (χ3n) is 3.80. The average molecular weight is 378 g/mol. The smallest absolute Gasteiger partial charge is 0.286 e. The number of hydrogen-bond donors (Lipinski definition) is 2. The Morgan fingerprint density at radius 1 is 1.15 bits per heavy atom. The molecule has 0 saturated carbocycles. The third-order valence-corrected chi connectivity index (χ3v) is 4.93. The van der Waals surface area contributed by atoms with E-state index in [1.54, 1.807) is 24.3 Å². The van der Waals surface area contributed by atoms with Crippen LogP contribution in [0.5, 0.6) is 0 Å². The number of sulfone groups is 1. The Morgan fingerprint density at radius 3 is 2.42 bits per heavy atom. The minimum absolute atomic E-state index is 0.142.